The average Bonchev–Trinajstić information content (AvgIpc) is 2.72. The van der Waals surface area contributed by atoms with Gasteiger partial charge in [-0.15, -0.1) is 0 Å². The highest BCUT2D eigenvalue weighted by Crippen LogP contribution is 2.36. The molecule has 0 unspecified atom stereocenters. The molecule has 0 bridgehead atoms. The molecule has 11 heteroatoms. The number of alkyl halides is 3. The second kappa shape index (κ2) is 7.68. The molecule has 1 fully saturated rings. The van der Waals surface area contributed by atoms with Crippen molar-refractivity contribution >= 4 is 38.5 Å². The smallest absolute Gasteiger partial charge is 0.352 e. The zero-order valence-electron chi connectivity index (χ0n) is 15.5. The monoisotopic (exact) mass is 456 g/mol. The van der Waals surface area contributed by atoms with Crippen LogP contribution in [0.4, 0.5) is 19.0 Å². The zero-order chi connectivity index (χ0) is 21.5. The van der Waals surface area contributed by atoms with E-state index in [0.717, 1.165) is 0 Å². The second-order valence-corrected chi connectivity index (χ2v) is 9.10. The van der Waals surface area contributed by atoms with Crippen LogP contribution in [-0.2, 0) is 16.2 Å². The van der Waals surface area contributed by atoms with Crippen molar-refractivity contribution in [2.24, 2.45) is 0 Å². The van der Waals surface area contributed by atoms with Gasteiger partial charge >= 0.3 is 6.18 Å². The summed E-state index contributed by atoms with van der Waals surface area (Å²) in [7, 11) is -3.77. The normalized spacial score (nSPS) is 16.2. The summed E-state index contributed by atoms with van der Waals surface area (Å²) in [5.41, 5.74) is -0.579. The Morgan fingerprint density at radius 1 is 0.867 bits per heavy atom. The number of halogens is 4. The first-order valence-corrected chi connectivity index (χ1v) is 10.8. The van der Waals surface area contributed by atoms with E-state index in [2.05, 4.69) is 9.97 Å². The Bertz CT molecular complexity index is 1180. The number of fused-ring (bicyclic) bond motifs is 1. The molecule has 0 radical (unpaired) electrons. The van der Waals surface area contributed by atoms with Crippen LogP contribution in [0.1, 0.15) is 5.69 Å². The molecule has 1 aromatic heterocycles. The molecule has 0 atom stereocenters. The van der Waals surface area contributed by atoms with Gasteiger partial charge in [-0.05, 0) is 36.4 Å². The molecular formula is C19H16ClF3N4O2S. The van der Waals surface area contributed by atoms with Gasteiger partial charge in [-0.1, -0.05) is 23.7 Å². The van der Waals surface area contributed by atoms with Crippen molar-refractivity contribution in [2.75, 3.05) is 31.1 Å². The fourth-order valence-electron chi connectivity index (χ4n) is 3.30. The first-order valence-electron chi connectivity index (χ1n) is 9.01. The number of benzene rings is 2. The molecule has 0 amide bonds. The fourth-order valence-corrected chi connectivity index (χ4v) is 4.85. The van der Waals surface area contributed by atoms with Gasteiger partial charge in [0.15, 0.2) is 11.5 Å². The summed E-state index contributed by atoms with van der Waals surface area (Å²) in [5, 5.41) is 0.410. The largest absolute Gasteiger partial charge is 0.437 e. The van der Waals surface area contributed by atoms with E-state index in [1.54, 1.807) is 18.2 Å². The number of sulfonamides is 1. The molecule has 1 aliphatic rings. The van der Waals surface area contributed by atoms with Crippen LogP contribution in [0.25, 0.3) is 11.0 Å². The lowest BCUT2D eigenvalue weighted by atomic mass is 10.2. The molecule has 3 aromatic rings. The van der Waals surface area contributed by atoms with Crippen molar-refractivity contribution in [1.29, 1.82) is 0 Å². The van der Waals surface area contributed by atoms with Crippen molar-refractivity contribution in [3.8, 4) is 0 Å². The van der Waals surface area contributed by atoms with Crippen LogP contribution in [-0.4, -0.2) is 48.9 Å². The number of para-hydroxylation sites is 2. The lowest BCUT2D eigenvalue weighted by Gasteiger charge is -2.35. The van der Waals surface area contributed by atoms with Gasteiger partial charge in [0.05, 0.1) is 15.9 Å². The summed E-state index contributed by atoms with van der Waals surface area (Å²) in [6.07, 6.45) is -4.68. The maximum Gasteiger partial charge on any atom is 0.437 e. The van der Waals surface area contributed by atoms with Crippen molar-refractivity contribution in [3.63, 3.8) is 0 Å². The van der Waals surface area contributed by atoms with Crippen LogP contribution in [0.2, 0.25) is 5.02 Å². The van der Waals surface area contributed by atoms with Gasteiger partial charge < -0.3 is 4.90 Å². The number of rotatable bonds is 3. The quantitative estimate of drug-likeness (QED) is 0.599. The van der Waals surface area contributed by atoms with E-state index in [1.165, 1.54) is 39.5 Å². The molecular weight excluding hydrogens is 441 g/mol. The topological polar surface area (TPSA) is 66.4 Å². The summed E-state index contributed by atoms with van der Waals surface area (Å²) in [4.78, 5) is 9.46. The number of aromatic nitrogens is 2. The Balaban J connectivity index is 1.61. The van der Waals surface area contributed by atoms with Crippen LogP contribution < -0.4 is 4.90 Å². The standard InChI is InChI=1S/C19H16ClF3N4O2S/c20-13-5-7-14(8-6-13)30(28,29)27-11-9-26(10-12-27)18-17(19(21,22)23)24-15-3-1-2-4-16(15)25-18/h1-8H,9-12H2. The Kier molecular flexibility index (Phi) is 5.33. The number of piperazine rings is 1. The molecule has 1 aliphatic heterocycles. The van der Waals surface area contributed by atoms with E-state index in [-0.39, 0.29) is 42.4 Å². The van der Waals surface area contributed by atoms with Crippen LogP contribution in [0.5, 0.6) is 0 Å². The van der Waals surface area contributed by atoms with Crippen molar-refractivity contribution in [3.05, 3.63) is 59.2 Å². The molecule has 0 aliphatic carbocycles. The molecule has 2 heterocycles. The maximum absolute atomic E-state index is 13.6. The summed E-state index contributed by atoms with van der Waals surface area (Å²) < 4.78 is 67.7. The average molecular weight is 457 g/mol. The molecule has 2 aromatic carbocycles. The van der Waals surface area contributed by atoms with E-state index < -0.39 is 21.9 Å². The minimum atomic E-state index is -4.68. The number of hydrogen-bond acceptors (Lipinski definition) is 5. The summed E-state index contributed by atoms with van der Waals surface area (Å²) >= 11 is 5.81. The van der Waals surface area contributed by atoms with E-state index in [9.17, 15) is 21.6 Å². The molecule has 30 heavy (non-hydrogen) atoms. The molecule has 1 saturated heterocycles. The zero-order valence-corrected chi connectivity index (χ0v) is 17.0. The van der Waals surface area contributed by atoms with Gasteiger partial charge in [0.1, 0.15) is 0 Å². The van der Waals surface area contributed by atoms with Gasteiger partial charge in [0.2, 0.25) is 10.0 Å². The number of nitrogens with zero attached hydrogens (tertiary/aromatic N) is 4. The second-order valence-electron chi connectivity index (χ2n) is 6.73. The number of anilines is 1. The van der Waals surface area contributed by atoms with Crippen molar-refractivity contribution in [2.45, 2.75) is 11.1 Å². The Hall–Kier alpha value is -2.43. The van der Waals surface area contributed by atoms with E-state index in [0.29, 0.717) is 10.5 Å². The molecule has 0 saturated carbocycles. The minimum absolute atomic E-state index is 0.0246. The third-order valence-corrected chi connectivity index (χ3v) is 6.98. The number of hydrogen-bond donors (Lipinski definition) is 0. The van der Waals surface area contributed by atoms with Gasteiger partial charge in [-0.3, -0.25) is 0 Å². The predicted molar refractivity (Wildman–Crippen MR) is 107 cm³/mol. The SMILES string of the molecule is O=S(=O)(c1ccc(Cl)cc1)N1CCN(c2nc3ccccc3nc2C(F)(F)F)CC1. The summed E-state index contributed by atoms with van der Waals surface area (Å²) in [5.74, 6) is -0.287. The Labute approximate surface area is 176 Å². The van der Waals surface area contributed by atoms with Crippen molar-refractivity contribution in [1.82, 2.24) is 14.3 Å². The van der Waals surface area contributed by atoms with Crippen LogP contribution >= 0.6 is 11.6 Å². The van der Waals surface area contributed by atoms with E-state index in [1.807, 2.05) is 0 Å². The maximum atomic E-state index is 13.6. The van der Waals surface area contributed by atoms with Gasteiger partial charge in [-0.25, -0.2) is 18.4 Å². The molecule has 0 spiro atoms. The van der Waals surface area contributed by atoms with Gasteiger partial charge in [-0.2, -0.15) is 17.5 Å². The summed E-state index contributed by atoms with van der Waals surface area (Å²) in [6, 6.07) is 12.1. The third-order valence-electron chi connectivity index (χ3n) is 4.81. The lowest BCUT2D eigenvalue weighted by molar-refractivity contribution is -0.140. The predicted octanol–water partition coefficient (Wildman–Crippen LogP) is 3.81. The van der Waals surface area contributed by atoms with Crippen LogP contribution in [0.15, 0.2) is 53.4 Å². The first-order chi connectivity index (χ1) is 14.2. The highest BCUT2D eigenvalue weighted by atomic mass is 35.5. The lowest BCUT2D eigenvalue weighted by Crippen LogP contribution is -2.49. The minimum Gasteiger partial charge on any atom is -0.352 e. The van der Waals surface area contributed by atoms with Gasteiger partial charge in [0, 0.05) is 31.2 Å². The van der Waals surface area contributed by atoms with E-state index in [4.69, 9.17) is 11.6 Å². The highest BCUT2D eigenvalue weighted by Gasteiger charge is 2.39. The third kappa shape index (κ3) is 3.94. The van der Waals surface area contributed by atoms with Crippen molar-refractivity contribution < 1.29 is 21.6 Å². The fraction of sp³-hybridized carbons (Fsp3) is 0.263. The van der Waals surface area contributed by atoms with E-state index >= 15 is 0 Å². The molecule has 6 nitrogen and oxygen atoms in total. The molecule has 0 N–H and O–H groups in total. The Morgan fingerprint density at radius 3 is 2.00 bits per heavy atom. The van der Waals surface area contributed by atoms with Crippen LogP contribution in [0, 0.1) is 0 Å². The van der Waals surface area contributed by atoms with Crippen LogP contribution in [0.3, 0.4) is 0 Å². The first kappa shape index (κ1) is 20.8. The highest BCUT2D eigenvalue weighted by molar-refractivity contribution is 7.89. The molecule has 158 valence electrons. The summed E-state index contributed by atoms with van der Waals surface area (Å²) in [6.45, 7) is 0.166. The molecule has 4 rings (SSSR count). The Morgan fingerprint density at radius 2 is 1.43 bits per heavy atom. The van der Waals surface area contributed by atoms with Gasteiger partial charge in [0.25, 0.3) is 0 Å².